The number of ether oxygens (including phenoxy) is 1. The van der Waals surface area contributed by atoms with Crippen molar-refractivity contribution in [3.05, 3.63) is 34.1 Å². The number of hydrogen-bond acceptors (Lipinski definition) is 3. The van der Waals surface area contributed by atoms with Crippen LogP contribution in [0, 0.1) is 5.82 Å². The molecule has 0 radical (unpaired) electrons. The quantitative estimate of drug-likeness (QED) is 0.829. The first-order valence-corrected chi connectivity index (χ1v) is 7.38. The number of carbonyl (C=O) groups is 2. The van der Waals surface area contributed by atoms with Crippen LogP contribution in [0.3, 0.4) is 0 Å². The Balaban J connectivity index is 2.30. The van der Waals surface area contributed by atoms with Gasteiger partial charge in [-0.2, -0.15) is 8.78 Å². The number of nitrogens with one attached hydrogen (secondary N) is 1. The van der Waals surface area contributed by atoms with Crippen LogP contribution < -0.4 is 10.1 Å². The van der Waals surface area contributed by atoms with Crippen molar-refractivity contribution < 1.29 is 32.6 Å². The largest absolute Gasteiger partial charge is 0.478 e. The van der Waals surface area contributed by atoms with Gasteiger partial charge in [0.25, 0.3) is 5.91 Å². The third-order valence-electron chi connectivity index (χ3n) is 3.49. The molecule has 9 heteroatoms. The standard InChI is InChI=1S/C15H13ClF3NO4/c16-9-5-10(17)11(6-12(9)24-15(18)19)20-13(21)7-3-1-2-4-8(7)14(22)23/h5-6,15H,1-4H2,(H,20,21)(H,22,23). The summed E-state index contributed by atoms with van der Waals surface area (Å²) >= 11 is 5.60. The Morgan fingerprint density at radius 3 is 2.42 bits per heavy atom. The number of carboxylic acid groups (broad SMARTS) is 1. The van der Waals surface area contributed by atoms with E-state index >= 15 is 0 Å². The number of rotatable bonds is 5. The Bertz CT molecular complexity index is 706. The molecule has 130 valence electrons. The number of carboxylic acids is 1. The number of anilines is 1. The number of alkyl halides is 2. The fourth-order valence-corrected chi connectivity index (χ4v) is 2.60. The molecule has 0 saturated carbocycles. The van der Waals surface area contributed by atoms with Crippen LogP contribution in [0.15, 0.2) is 23.3 Å². The Morgan fingerprint density at radius 2 is 1.83 bits per heavy atom. The van der Waals surface area contributed by atoms with Crippen molar-refractivity contribution in [3.8, 4) is 5.75 Å². The summed E-state index contributed by atoms with van der Waals surface area (Å²) in [6.45, 7) is -3.17. The molecule has 1 aliphatic carbocycles. The van der Waals surface area contributed by atoms with Crippen LogP contribution in [-0.4, -0.2) is 23.6 Å². The van der Waals surface area contributed by atoms with Crippen LogP contribution in [-0.2, 0) is 9.59 Å². The van der Waals surface area contributed by atoms with E-state index in [1.54, 1.807) is 0 Å². The van der Waals surface area contributed by atoms with Crippen LogP contribution in [0.2, 0.25) is 5.02 Å². The van der Waals surface area contributed by atoms with E-state index in [-0.39, 0.29) is 29.0 Å². The normalized spacial score (nSPS) is 14.7. The fourth-order valence-electron chi connectivity index (χ4n) is 2.40. The summed E-state index contributed by atoms with van der Waals surface area (Å²) in [6.07, 6.45) is 1.74. The van der Waals surface area contributed by atoms with E-state index in [1.165, 1.54) is 0 Å². The van der Waals surface area contributed by atoms with Gasteiger partial charge in [-0.05, 0) is 31.7 Å². The highest BCUT2D eigenvalue weighted by molar-refractivity contribution is 6.32. The number of benzene rings is 1. The molecule has 0 heterocycles. The third-order valence-corrected chi connectivity index (χ3v) is 3.78. The number of halogens is 4. The molecule has 2 rings (SSSR count). The van der Waals surface area contributed by atoms with Crippen LogP contribution in [0.1, 0.15) is 25.7 Å². The molecule has 0 saturated heterocycles. The zero-order valence-corrected chi connectivity index (χ0v) is 13.0. The van der Waals surface area contributed by atoms with Gasteiger partial charge >= 0.3 is 12.6 Å². The van der Waals surface area contributed by atoms with Crippen molar-refractivity contribution in [3.63, 3.8) is 0 Å². The summed E-state index contributed by atoms with van der Waals surface area (Å²) in [7, 11) is 0. The maximum atomic E-state index is 13.9. The van der Waals surface area contributed by atoms with E-state index < -0.39 is 35.7 Å². The van der Waals surface area contributed by atoms with E-state index in [2.05, 4.69) is 10.1 Å². The van der Waals surface area contributed by atoms with Crippen LogP contribution >= 0.6 is 11.6 Å². The van der Waals surface area contributed by atoms with Crippen molar-refractivity contribution in [1.29, 1.82) is 0 Å². The fraction of sp³-hybridized carbons (Fsp3) is 0.333. The molecule has 5 nitrogen and oxygen atoms in total. The first kappa shape index (κ1) is 18.1. The highest BCUT2D eigenvalue weighted by atomic mass is 35.5. The van der Waals surface area contributed by atoms with E-state index in [0.717, 1.165) is 12.1 Å². The first-order chi connectivity index (χ1) is 11.3. The molecule has 0 unspecified atom stereocenters. The summed E-state index contributed by atoms with van der Waals surface area (Å²) in [4.78, 5) is 23.4. The van der Waals surface area contributed by atoms with Gasteiger partial charge in [-0.25, -0.2) is 9.18 Å². The summed E-state index contributed by atoms with van der Waals surface area (Å²) in [5, 5.41) is 10.9. The molecule has 0 fully saturated rings. The molecule has 0 aromatic heterocycles. The molecule has 1 aromatic carbocycles. The monoisotopic (exact) mass is 363 g/mol. The van der Waals surface area contributed by atoms with Gasteiger partial charge in [-0.15, -0.1) is 0 Å². The van der Waals surface area contributed by atoms with Gasteiger partial charge in [0.2, 0.25) is 0 Å². The summed E-state index contributed by atoms with van der Waals surface area (Å²) in [5.74, 6) is -3.46. The lowest BCUT2D eigenvalue weighted by Gasteiger charge is -2.18. The number of aliphatic carboxylic acids is 1. The molecule has 0 bridgehead atoms. The van der Waals surface area contributed by atoms with E-state index in [4.69, 9.17) is 16.7 Å². The van der Waals surface area contributed by atoms with Gasteiger partial charge in [0, 0.05) is 17.2 Å². The van der Waals surface area contributed by atoms with Crippen LogP contribution in [0.25, 0.3) is 0 Å². The van der Waals surface area contributed by atoms with Crippen molar-refractivity contribution in [2.24, 2.45) is 0 Å². The summed E-state index contributed by atoms with van der Waals surface area (Å²) < 4.78 is 42.6. The molecule has 0 spiro atoms. The third kappa shape index (κ3) is 4.19. The highest BCUT2D eigenvalue weighted by Gasteiger charge is 2.24. The van der Waals surface area contributed by atoms with E-state index in [9.17, 15) is 22.8 Å². The van der Waals surface area contributed by atoms with Crippen LogP contribution in [0.5, 0.6) is 5.75 Å². The highest BCUT2D eigenvalue weighted by Crippen LogP contribution is 2.33. The van der Waals surface area contributed by atoms with Crippen molar-refractivity contribution in [2.45, 2.75) is 32.3 Å². The first-order valence-electron chi connectivity index (χ1n) is 7.00. The molecule has 2 N–H and O–H groups in total. The predicted octanol–water partition coefficient (Wildman–Crippen LogP) is 3.97. The molecular formula is C15H13ClF3NO4. The van der Waals surface area contributed by atoms with Gasteiger partial charge in [0.1, 0.15) is 11.6 Å². The maximum absolute atomic E-state index is 13.9. The lowest BCUT2D eigenvalue weighted by atomic mass is 9.91. The minimum atomic E-state index is -3.17. The second-order valence-corrected chi connectivity index (χ2v) is 5.47. The molecule has 1 aromatic rings. The van der Waals surface area contributed by atoms with Gasteiger partial charge in [0.15, 0.2) is 0 Å². The minimum Gasteiger partial charge on any atom is -0.478 e. The van der Waals surface area contributed by atoms with Crippen molar-refractivity contribution in [1.82, 2.24) is 0 Å². The Morgan fingerprint density at radius 1 is 1.21 bits per heavy atom. The molecule has 0 atom stereocenters. The second kappa shape index (κ2) is 7.57. The lowest BCUT2D eigenvalue weighted by Crippen LogP contribution is -2.21. The van der Waals surface area contributed by atoms with Crippen molar-refractivity contribution >= 4 is 29.2 Å². The second-order valence-electron chi connectivity index (χ2n) is 5.06. The average Bonchev–Trinajstić information content (AvgIpc) is 2.51. The zero-order chi connectivity index (χ0) is 17.9. The SMILES string of the molecule is O=C(O)C1=C(C(=O)Nc2cc(OC(F)F)c(Cl)cc2F)CCCC1. The smallest absolute Gasteiger partial charge is 0.387 e. The Hall–Kier alpha value is -2.22. The van der Waals surface area contributed by atoms with Crippen LogP contribution in [0.4, 0.5) is 18.9 Å². The summed E-state index contributed by atoms with van der Waals surface area (Å²) in [5.41, 5.74) is -0.417. The van der Waals surface area contributed by atoms with E-state index in [0.29, 0.717) is 12.8 Å². The molecular weight excluding hydrogens is 351 g/mol. The maximum Gasteiger partial charge on any atom is 0.387 e. The Kier molecular flexibility index (Phi) is 5.71. The predicted molar refractivity (Wildman–Crippen MR) is 79.8 cm³/mol. The molecule has 24 heavy (non-hydrogen) atoms. The summed E-state index contributed by atoms with van der Waals surface area (Å²) in [6, 6.07) is 1.55. The molecule has 0 aliphatic heterocycles. The minimum absolute atomic E-state index is 0.0304. The molecule has 1 amide bonds. The van der Waals surface area contributed by atoms with Gasteiger partial charge in [0.05, 0.1) is 10.7 Å². The average molecular weight is 364 g/mol. The van der Waals surface area contributed by atoms with E-state index in [1.807, 2.05) is 0 Å². The molecule has 1 aliphatic rings. The topological polar surface area (TPSA) is 75.6 Å². The zero-order valence-electron chi connectivity index (χ0n) is 12.2. The number of hydrogen-bond donors (Lipinski definition) is 2. The van der Waals surface area contributed by atoms with Gasteiger partial charge in [-0.3, -0.25) is 4.79 Å². The number of carbonyl (C=O) groups excluding carboxylic acids is 1. The Labute approximate surface area is 140 Å². The number of amides is 1. The van der Waals surface area contributed by atoms with Gasteiger partial charge < -0.3 is 15.2 Å². The van der Waals surface area contributed by atoms with Gasteiger partial charge in [-0.1, -0.05) is 11.6 Å². The lowest BCUT2D eigenvalue weighted by molar-refractivity contribution is -0.133. The van der Waals surface area contributed by atoms with Crippen molar-refractivity contribution in [2.75, 3.05) is 5.32 Å².